The molecule has 0 aliphatic carbocycles. The van der Waals surface area contributed by atoms with Crippen LogP contribution in [0, 0.1) is 0 Å². The second-order valence-corrected chi connectivity index (χ2v) is 0.750. The monoisotopic (exact) mass is 221 g/mol. The molecule has 0 unspecified atom stereocenters. The second kappa shape index (κ2) is 42.3. The van der Waals surface area contributed by atoms with E-state index >= 15 is 0 Å². The summed E-state index contributed by atoms with van der Waals surface area (Å²) >= 11 is 0. The molecular formula is H4AlFKMgO5Si-3. The van der Waals surface area contributed by atoms with Crippen LogP contribution in [-0.4, -0.2) is 112 Å². The molecule has 0 saturated carbocycles. The summed E-state index contributed by atoms with van der Waals surface area (Å²) in [5, 5.41) is 0. The van der Waals surface area contributed by atoms with Gasteiger partial charge in [0.25, 0.3) is 0 Å². The molecule has 0 amide bonds. The number of halogens is 1. The van der Waals surface area contributed by atoms with E-state index in [1.165, 1.54) is 0 Å². The Labute approximate surface area is 128 Å². The second-order valence-electron chi connectivity index (χ2n) is 0.250. The van der Waals surface area contributed by atoms with Gasteiger partial charge in [-0.05, 0) is 0 Å². The fourth-order valence-corrected chi connectivity index (χ4v) is 0. The molecule has 0 aromatic carbocycles. The maximum atomic E-state index is 8.52. The van der Waals surface area contributed by atoms with Crippen molar-refractivity contribution in [2.24, 2.45) is 0 Å². The first-order valence-corrected chi connectivity index (χ1v) is 1.84. The average Bonchev–Trinajstić information content (AvgIpc) is 0.811. The summed E-state index contributed by atoms with van der Waals surface area (Å²) in [6.07, 6.45) is 0. The van der Waals surface area contributed by atoms with Crippen molar-refractivity contribution in [2.75, 3.05) is 0 Å². The average molecular weight is 221 g/mol. The van der Waals surface area contributed by atoms with Crippen LogP contribution >= 0.6 is 0 Å². The molecular weight excluding hydrogens is 217 g/mol. The number of rotatable bonds is 0. The van der Waals surface area contributed by atoms with Crippen LogP contribution in [0.25, 0.3) is 0 Å². The Morgan fingerprint density at radius 3 is 1.20 bits per heavy atom. The molecule has 10 heavy (non-hydrogen) atoms. The van der Waals surface area contributed by atoms with Crippen LogP contribution in [0.3, 0.4) is 0 Å². The molecule has 0 rings (SSSR count). The summed E-state index contributed by atoms with van der Waals surface area (Å²) < 4.78 is 8.52. The number of hydrogen-bond acceptors (Lipinski definition) is 4. The molecule has 0 aliphatic rings. The summed E-state index contributed by atoms with van der Waals surface area (Å²) in [5.41, 5.74) is 0. The molecule has 0 heterocycles. The topological polar surface area (TPSA) is 125 Å². The predicted molar refractivity (Wildman–Crippen MR) is 31.8 cm³/mol. The molecule has 0 aromatic rings. The number of hydrogen-bond donors (Lipinski definition) is 0. The molecule has 6 radical (unpaired) electrons. The Balaban J connectivity index is -0.00000000300. The van der Waals surface area contributed by atoms with Crippen molar-refractivity contribution >= 4 is 101 Å². The van der Waals surface area contributed by atoms with E-state index in [0.29, 0.717) is 0 Å². The third-order valence-electron chi connectivity index (χ3n) is 0. The Kier molecular flexibility index (Phi) is 234. The van der Waals surface area contributed by atoms with E-state index in [1.807, 2.05) is 0 Å². The van der Waals surface area contributed by atoms with Crippen LogP contribution < -0.4 is 9.59 Å². The molecule has 54 valence electrons. The van der Waals surface area contributed by atoms with E-state index in [0.717, 1.165) is 0 Å². The third kappa shape index (κ3) is 159. The van der Waals surface area contributed by atoms with E-state index < -0.39 is 9.17 Å². The first-order chi connectivity index (χ1) is 1.73. The van der Waals surface area contributed by atoms with Gasteiger partial charge in [0, 0.05) is 101 Å². The molecule has 0 atom stereocenters. The predicted octanol–water partition coefficient (Wildman–Crippen LogP) is -4.87. The van der Waals surface area contributed by atoms with Crippen LogP contribution in [0.15, 0.2) is 0 Å². The van der Waals surface area contributed by atoms with E-state index in [9.17, 15) is 0 Å². The summed E-state index contributed by atoms with van der Waals surface area (Å²) in [5.74, 6) is 0. The summed E-state index contributed by atoms with van der Waals surface area (Å²) in [7, 11) is -3.63. The van der Waals surface area contributed by atoms with Crippen LogP contribution in [0.2, 0.25) is 0 Å². The first-order valence-electron chi connectivity index (χ1n) is 0.612. The smallest absolute Gasteiger partial charge is 0.0172 e. The van der Waals surface area contributed by atoms with Crippen molar-refractivity contribution in [2.45, 2.75) is 0 Å². The Morgan fingerprint density at radius 2 is 1.20 bits per heavy atom. The molecule has 0 aromatic heterocycles. The molecule has 0 fully saturated rings. The fraction of sp³-hybridized carbons (Fsp3) is 0. The Hall–Kier alpha value is 2.40. The van der Waals surface area contributed by atoms with Crippen molar-refractivity contribution in [1.29, 1.82) is 0 Å². The van der Waals surface area contributed by atoms with Crippen molar-refractivity contribution in [3.05, 3.63) is 0 Å². The van der Waals surface area contributed by atoms with Gasteiger partial charge in [-0.1, -0.05) is 0 Å². The van der Waals surface area contributed by atoms with Crippen LogP contribution in [0.5, 0.6) is 0 Å². The third-order valence-corrected chi connectivity index (χ3v) is 0. The van der Waals surface area contributed by atoms with Crippen LogP contribution in [0.4, 0.5) is 4.70 Å². The standard InChI is InChI=1S/Al.FH.K.Mg.O3Si.2H2O/c;;;;1-4(2)3;;/h;1H;;;;2*1H2/q;;;;-2;;/p-1. The summed E-state index contributed by atoms with van der Waals surface area (Å²) in [6, 6.07) is 0. The maximum absolute atomic E-state index is 8.52. The van der Waals surface area contributed by atoms with E-state index in [1.54, 1.807) is 0 Å². The summed E-state index contributed by atoms with van der Waals surface area (Å²) in [6.45, 7) is 0. The van der Waals surface area contributed by atoms with Gasteiger partial charge in [-0.3, -0.25) is 4.70 Å². The molecule has 5 nitrogen and oxygen atoms in total. The van der Waals surface area contributed by atoms with E-state index in [-0.39, 0.29) is 107 Å². The van der Waals surface area contributed by atoms with Gasteiger partial charge in [0.15, 0.2) is 0 Å². The minimum atomic E-state index is -3.63. The zero-order chi connectivity index (χ0) is 3.58. The van der Waals surface area contributed by atoms with Crippen molar-refractivity contribution in [1.82, 2.24) is 0 Å². The minimum absolute atomic E-state index is 0. The maximum Gasteiger partial charge on any atom is 0.0172 e. The zero-order valence-electron chi connectivity index (χ0n) is 5.36. The zero-order valence-corrected chi connectivity index (χ0v) is 12.1. The molecule has 0 spiro atoms. The largest absolute Gasteiger partial charge is 0.870 e. The minimum Gasteiger partial charge on any atom is -0.870 e. The van der Waals surface area contributed by atoms with E-state index in [2.05, 4.69) is 0 Å². The quantitative estimate of drug-likeness (QED) is 0.380. The molecule has 0 bridgehead atoms. The molecule has 0 saturated heterocycles. The van der Waals surface area contributed by atoms with Gasteiger partial charge < -0.3 is 25.0 Å². The van der Waals surface area contributed by atoms with Crippen molar-refractivity contribution < 1.29 is 29.7 Å². The van der Waals surface area contributed by atoms with Crippen molar-refractivity contribution in [3.8, 4) is 0 Å². The van der Waals surface area contributed by atoms with Crippen molar-refractivity contribution in [3.63, 3.8) is 0 Å². The summed E-state index contributed by atoms with van der Waals surface area (Å²) in [4.78, 5) is 17.0. The normalized spacial score (nSPS) is 2.40. The Morgan fingerprint density at radius 1 is 1.20 bits per heavy atom. The van der Waals surface area contributed by atoms with Gasteiger partial charge in [-0.15, -0.1) is 0 Å². The van der Waals surface area contributed by atoms with Gasteiger partial charge in [-0.2, -0.15) is 0 Å². The van der Waals surface area contributed by atoms with Crippen LogP contribution in [-0.2, 0) is 4.46 Å². The molecule has 3 N–H and O–H groups in total. The van der Waals surface area contributed by atoms with Gasteiger partial charge in [0.1, 0.15) is 0 Å². The fourth-order valence-electron chi connectivity index (χ4n) is 0. The molecule has 10 heteroatoms. The van der Waals surface area contributed by atoms with Gasteiger partial charge >= 0.3 is 0 Å². The van der Waals surface area contributed by atoms with Gasteiger partial charge in [0.05, 0.1) is 0 Å². The van der Waals surface area contributed by atoms with E-state index in [4.69, 9.17) is 14.1 Å². The molecule has 0 aliphatic heterocycles. The van der Waals surface area contributed by atoms with Gasteiger partial charge in [0.2, 0.25) is 0 Å². The Bertz CT molecular complexity index is 44.6. The first kappa shape index (κ1) is 55.3. The van der Waals surface area contributed by atoms with Gasteiger partial charge in [-0.25, -0.2) is 0 Å². The van der Waals surface area contributed by atoms with Crippen LogP contribution in [0.1, 0.15) is 0 Å². The SMILES string of the molecule is F.O.O=[Si]([O-])[O-].[Al].[K].[Mg].[OH-].